The molecule has 5 unspecified atom stereocenters. The van der Waals surface area contributed by atoms with Crippen molar-refractivity contribution in [2.75, 3.05) is 7.05 Å². The standard InChI is InChI=1S/C35H28N4/c1-22-9-7-8-12-26(22)33-34(39(3)21-38)31(25-10-5-4-6-11-25)32-29-17-23(19-36)13-15-27(29)28-16-14-24(20-37)18-30(28)35(32,33)2/h4-18,22,26,33-34H,1-3H3. The second-order valence-electron chi connectivity index (χ2n) is 11.0. The molecule has 4 heteroatoms. The van der Waals surface area contributed by atoms with Crippen LogP contribution >= 0.6 is 0 Å². The molecule has 188 valence electrons. The fourth-order valence-corrected chi connectivity index (χ4v) is 7.37. The number of hydrogen-bond donors (Lipinski definition) is 0. The second kappa shape index (κ2) is 9.16. The van der Waals surface area contributed by atoms with Gasteiger partial charge in [-0.05, 0) is 75.1 Å². The summed E-state index contributed by atoms with van der Waals surface area (Å²) in [5, 5.41) is 30.2. The Morgan fingerprint density at radius 1 is 0.795 bits per heavy atom. The number of nitriles is 3. The molecule has 0 saturated heterocycles. The van der Waals surface area contributed by atoms with Crippen LogP contribution in [0.1, 0.15) is 41.7 Å². The van der Waals surface area contributed by atoms with E-state index in [1.807, 2.05) is 60.5 Å². The van der Waals surface area contributed by atoms with Crippen LogP contribution in [0.15, 0.2) is 91.0 Å². The molecule has 6 rings (SSSR count). The van der Waals surface area contributed by atoms with Crippen molar-refractivity contribution in [3.63, 3.8) is 0 Å². The number of fused-ring (bicyclic) bond motifs is 6. The fraction of sp³-hybridized carbons (Fsp3) is 0.229. The predicted molar refractivity (Wildman–Crippen MR) is 154 cm³/mol. The molecule has 3 aromatic carbocycles. The van der Waals surface area contributed by atoms with Gasteiger partial charge in [-0.25, -0.2) is 0 Å². The minimum Gasteiger partial charge on any atom is -0.306 e. The van der Waals surface area contributed by atoms with Crippen molar-refractivity contribution < 1.29 is 0 Å². The van der Waals surface area contributed by atoms with E-state index in [4.69, 9.17) is 0 Å². The number of rotatable bonds is 3. The topological polar surface area (TPSA) is 74.6 Å². The minimum absolute atomic E-state index is 0.00450. The molecule has 3 aliphatic rings. The first-order valence-electron chi connectivity index (χ1n) is 13.3. The fourth-order valence-electron chi connectivity index (χ4n) is 7.37. The van der Waals surface area contributed by atoms with Crippen molar-refractivity contribution in [2.45, 2.75) is 25.3 Å². The Kier molecular flexibility index (Phi) is 5.75. The van der Waals surface area contributed by atoms with Crippen molar-refractivity contribution >= 4 is 11.1 Å². The number of hydrogen-bond acceptors (Lipinski definition) is 4. The first kappa shape index (κ1) is 24.5. The summed E-state index contributed by atoms with van der Waals surface area (Å²) in [5.41, 5.74) is 8.32. The van der Waals surface area contributed by atoms with E-state index in [0.717, 1.165) is 39.0 Å². The Labute approximate surface area is 230 Å². The third-order valence-electron chi connectivity index (χ3n) is 9.05. The lowest BCUT2D eigenvalue weighted by Crippen LogP contribution is -2.47. The summed E-state index contributed by atoms with van der Waals surface area (Å²) in [5.74, 6) is 0.406. The molecule has 3 aliphatic carbocycles. The summed E-state index contributed by atoms with van der Waals surface area (Å²) in [6.07, 6.45) is 11.2. The zero-order valence-corrected chi connectivity index (χ0v) is 22.3. The van der Waals surface area contributed by atoms with E-state index in [9.17, 15) is 15.8 Å². The van der Waals surface area contributed by atoms with E-state index in [0.29, 0.717) is 11.1 Å². The number of allylic oxidation sites excluding steroid dienone is 5. The zero-order valence-electron chi connectivity index (χ0n) is 22.3. The van der Waals surface area contributed by atoms with E-state index in [2.05, 4.69) is 74.7 Å². The molecule has 0 N–H and O–H groups in total. The molecule has 39 heavy (non-hydrogen) atoms. The largest absolute Gasteiger partial charge is 0.306 e. The molecule has 0 amide bonds. The van der Waals surface area contributed by atoms with Gasteiger partial charge in [-0.15, -0.1) is 0 Å². The second-order valence-corrected chi connectivity index (χ2v) is 11.0. The van der Waals surface area contributed by atoms with Crippen LogP contribution < -0.4 is 0 Å². The molecule has 4 nitrogen and oxygen atoms in total. The van der Waals surface area contributed by atoms with Gasteiger partial charge in [0.05, 0.1) is 29.3 Å². The minimum atomic E-state index is -0.529. The Bertz CT molecular complexity index is 1710. The van der Waals surface area contributed by atoms with Crippen molar-refractivity contribution in [3.8, 4) is 29.5 Å². The smallest absolute Gasteiger partial charge is 0.179 e. The maximum atomic E-state index is 10.3. The summed E-state index contributed by atoms with van der Waals surface area (Å²) in [7, 11) is 1.88. The van der Waals surface area contributed by atoms with Gasteiger partial charge in [-0.3, -0.25) is 0 Å². The van der Waals surface area contributed by atoms with E-state index in [1.54, 1.807) is 0 Å². The molecular formula is C35H28N4. The zero-order chi connectivity index (χ0) is 27.3. The van der Waals surface area contributed by atoms with Crippen molar-refractivity contribution in [1.29, 1.82) is 15.8 Å². The van der Waals surface area contributed by atoms with Crippen LogP contribution in [-0.2, 0) is 5.41 Å². The van der Waals surface area contributed by atoms with Gasteiger partial charge in [0.15, 0.2) is 6.19 Å². The Morgan fingerprint density at radius 3 is 2.13 bits per heavy atom. The van der Waals surface area contributed by atoms with Gasteiger partial charge in [0.25, 0.3) is 0 Å². The monoisotopic (exact) mass is 504 g/mol. The van der Waals surface area contributed by atoms with Gasteiger partial charge >= 0.3 is 0 Å². The van der Waals surface area contributed by atoms with Crippen molar-refractivity contribution in [3.05, 3.63) is 119 Å². The average molecular weight is 505 g/mol. The van der Waals surface area contributed by atoms with E-state index >= 15 is 0 Å². The molecule has 0 aliphatic heterocycles. The normalized spacial score (nSPS) is 26.1. The van der Waals surface area contributed by atoms with Gasteiger partial charge in [0, 0.05) is 18.4 Å². The van der Waals surface area contributed by atoms with E-state index in [1.165, 1.54) is 0 Å². The lowest BCUT2D eigenvalue weighted by molar-refractivity contribution is 0.177. The molecule has 0 radical (unpaired) electrons. The van der Waals surface area contributed by atoms with E-state index in [-0.39, 0.29) is 23.8 Å². The van der Waals surface area contributed by atoms with Gasteiger partial charge in [0.2, 0.25) is 0 Å². The highest BCUT2D eigenvalue weighted by atomic mass is 15.1. The number of benzene rings is 3. The quantitative estimate of drug-likeness (QED) is 0.282. The average Bonchev–Trinajstić information content (AvgIpc) is 3.27. The third kappa shape index (κ3) is 3.48. The molecule has 0 aromatic heterocycles. The highest BCUT2D eigenvalue weighted by molar-refractivity contribution is 6.07. The molecular weight excluding hydrogens is 476 g/mol. The molecule has 0 fully saturated rings. The first-order valence-corrected chi connectivity index (χ1v) is 13.3. The summed E-state index contributed by atoms with van der Waals surface area (Å²) < 4.78 is 0. The molecule has 0 spiro atoms. The van der Waals surface area contributed by atoms with Crippen molar-refractivity contribution in [2.24, 2.45) is 17.8 Å². The van der Waals surface area contributed by atoms with Crippen LogP contribution in [0.25, 0.3) is 22.3 Å². The Hall–Kier alpha value is -4.85. The Balaban J connectivity index is 1.80. The SMILES string of the molecule is CC1C=CC=CC1C1C(N(C)C#N)C(c2ccccc2)=C2c3cc(C#N)ccc3-c3ccc(C#N)cc3C21C. The predicted octanol–water partition coefficient (Wildman–Crippen LogP) is 7.07. The summed E-state index contributed by atoms with van der Waals surface area (Å²) in [4.78, 5) is 1.81. The van der Waals surface area contributed by atoms with Crippen LogP contribution in [-0.4, -0.2) is 18.0 Å². The molecule has 0 heterocycles. The highest BCUT2D eigenvalue weighted by Crippen LogP contribution is 2.65. The van der Waals surface area contributed by atoms with Crippen LogP contribution in [0.2, 0.25) is 0 Å². The van der Waals surface area contributed by atoms with Gasteiger partial charge in [-0.1, -0.05) is 80.6 Å². The van der Waals surface area contributed by atoms with Gasteiger partial charge in [-0.2, -0.15) is 15.8 Å². The van der Waals surface area contributed by atoms with E-state index < -0.39 is 5.41 Å². The summed E-state index contributed by atoms with van der Waals surface area (Å²) in [6, 6.07) is 26.7. The van der Waals surface area contributed by atoms with Gasteiger partial charge < -0.3 is 4.90 Å². The summed E-state index contributed by atoms with van der Waals surface area (Å²) in [6.45, 7) is 4.54. The maximum Gasteiger partial charge on any atom is 0.179 e. The van der Waals surface area contributed by atoms with Gasteiger partial charge in [0.1, 0.15) is 0 Å². The lowest BCUT2D eigenvalue weighted by Gasteiger charge is -2.47. The molecule has 0 bridgehead atoms. The molecule has 3 aromatic rings. The van der Waals surface area contributed by atoms with Crippen LogP contribution in [0, 0.1) is 51.9 Å². The maximum absolute atomic E-state index is 10.3. The number of likely N-dealkylation sites (N-methyl/N-ethyl adjacent to an activating group) is 1. The lowest BCUT2D eigenvalue weighted by atomic mass is 9.57. The molecule has 0 saturated carbocycles. The van der Waals surface area contributed by atoms with Crippen LogP contribution in [0.5, 0.6) is 0 Å². The first-order chi connectivity index (χ1) is 18.9. The highest BCUT2D eigenvalue weighted by Gasteiger charge is 2.59. The Morgan fingerprint density at radius 2 is 1.46 bits per heavy atom. The third-order valence-corrected chi connectivity index (χ3v) is 9.05. The molecule has 5 atom stereocenters. The van der Waals surface area contributed by atoms with Crippen LogP contribution in [0.3, 0.4) is 0 Å². The van der Waals surface area contributed by atoms with Crippen LogP contribution in [0.4, 0.5) is 0 Å². The van der Waals surface area contributed by atoms with Crippen molar-refractivity contribution in [1.82, 2.24) is 4.90 Å². The number of nitrogens with zero attached hydrogens (tertiary/aromatic N) is 4. The summed E-state index contributed by atoms with van der Waals surface area (Å²) >= 11 is 0.